The highest BCUT2D eigenvalue weighted by Crippen LogP contribution is 2.20. The van der Waals surface area contributed by atoms with Crippen LogP contribution in [0.3, 0.4) is 0 Å². The van der Waals surface area contributed by atoms with Gasteiger partial charge >= 0.3 is 0 Å². The third-order valence-electron chi connectivity index (χ3n) is 3.00. The van der Waals surface area contributed by atoms with E-state index < -0.39 is 0 Å². The second kappa shape index (κ2) is 7.08. The molecule has 3 aromatic rings. The molecule has 0 aliphatic carbocycles. The molecule has 2 aromatic carbocycles. The predicted octanol–water partition coefficient (Wildman–Crippen LogP) is 5.03. The van der Waals surface area contributed by atoms with E-state index in [1.807, 2.05) is 24.3 Å². The zero-order valence-corrected chi connectivity index (χ0v) is 14.1. The molecule has 0 spiro atoms. The minimum atomic E-state index is 0.360. The summed E-state index contributed by atoms with van der Waals surface area (Å²) in [5, 5.41) is 12.5. The zero-order chi connectivity index (χ0) is 16.2. The van der Waals surface area contributed by atoms with Crippen molar-refractivity contribution in [1.29, 1.82) is 0 Å². The first-order valence-electron chi connectivity index (χ1n) is 6.74. The standard InChI is InChI=1S/C16H11Cl2N3OS/c17-11-3-1-10(2-4-11)16-21-20-14(22-16)9-15(23)19-13-7-5-12(18)6-8-13/h1-8H,9H2,(H,19,23). The number of nitrogens with zero attached hydrogens (tertiary/aromatic N) is 2. The molecular weight excluding hydrogens is 353 g/mol. The van der Waals surface area contributed by atoms with Gasteiger partial charge in [0.15, 0.2) is 0 Å². The molecular formula is C16H11Cl2N3OS. The summed E-state index contributed by atoms with van der Waals surface area (Å²) < 4.78 is 5.62. The van der Waals surface area contributed by atoms with Gasteiger partial charge in [-0.15, -0.1) is 10.2 Å². The van der Waals surface area contributed by atoms with E-state index in [-0.39, 0.29) is 0 Å². The lowest BCUT2D eigenvalue weighted by atomic mass is 10.2. The molecule has 0 aliphatic heterocycles. The number of benzene rings is 2. The van der Waals surface area contributed by atoms with Crippen LogP contribution in [0.5, 0.6) is 0 Å². The summed E-state index contributed by atoms with van der Waals surface area (Å²) in [7, 11) is 0. The molecule has 4 nitrogen and oxygen atoms in total. The lowest BCUT2D eigenvalue weighted by Crippen LogP contribution is -2.12. The molecule has 0 atom stereocenters. The van der Waals surface area contributed by atoms with Gasteiger partial charge in [0.1, 0.15) is 0 Å². The smallest absolute Gasteiger partial charge is 0.247 e. The van der Waals surface area contributed by atoms with E-state index in [1.54, 1.807) is 24.3 Å². The van der Waals surface area contributed by atoms with Crippen molar-refractivity contribution >= 4 is 46.1 Å². The van der Waals surface area contributed by atoms with Crippen molar-refractivity contribution in [3.8, 4) is 11.5 Å². The number of hydrogen-bond donors (Lipinski definition) is 1. The van der Waals surface area contributed by atoms with E-state index in [9.17, 15) is 0 Å². The fourth-order valence-corrected chi connectivity index (χ4v) is 2.40. The maximum absolute atomic E-state index is 5.86. The van der Waals surface area contributed by atoms with Crippen LogP contribution in [0.25, 0.3) is 11.5 Å². The SMILES string of the molecule is S=C(Cc1nnc(-c2ccc(Cl)cc2)o1)Nc1ccc(Cl)cc1. The second-order valence-corrected chi connectivity index (χ2v) is 6.11. The van der Waals surface area contributed by atoms with Crippen molar-refractivity contribution in [3.05, 3.63) is 64.5 Å². The molecule has 1 N–H and O–H groups in total. The predicted molar refractivity (Wildman–Crippen MR) is 96.1 cm³/mol. The first-order chi connectivity index (χ1) is 11.1. The Labute approximate surface area is 148 Å². The Hall–Kier alpha value is -1.95. The molecule has 0 saturated heterocycles. The van der Waals surface area contributed by atoms with Gasteiger partial charge in [0.25, 0.3) is 0 Å². The van der Waals surface area contributed by atoms with Crippen molar-refractivity contribution < 1.29 is 4.42 Å². The molecule has 0 radical (unpaired) electrons. The highest BCUT2D eigenvalue weighted by molar-refractivity contribution is 7.80. The Bertz CT molecular complexity index is 816. The molecule has 0 unspecified atom stereocenters. The number of aromatic nitrogens is 2. The van der Waals surface area contributed by atoms with Crippen molar-refractivity contribution in [2.75, 3.05) is 5.32 Å². The van der Waals surface area contributed by atoms with Gasteiger partial charge in [0.05, 0.1) is 11.4 Å². The van der Waals surface area contributed by atoms with Gasteiger partial charge in [-0.2, -0.15) is 0 Å². The summed E-state index contributed by atoms with van der Waals surface area (Å²) in [4.78, 5) is 0.582. The minimum Gasteiger partial charge on any atom is -0.420 e. The van der Waals surface area contributed by atoms with Crippen LogP contribution in [0.2, 0.25) is 10.0 Å². The van der Waals surface area contributed by atoms with Gasteiger partial charge in [-0.3, -0.25) is 0 Å². The van der Waals surface area contributed by atoms with E-state index in [0.717, 1.165) is 11.3 Å². The number of hydrogen-bond acceptors (Lipinski definition) is 4. The molecule has 1 aromatic heterocycles. The number of nitrogens with one attached hydrogen (secondary N) is 1. The summed E-state index contributed by atoms with van der Waals surface area (Å²) in [6, 6.07) is 14.5. The third kappa shape index (κ3) is 4.28. The Morgan fingerprint density at radius 1 is 0.957 bits per heavy atom. The average Bonchev–Trinajstić information content (AvgIpc) is 2.98. The Morgan fingerprint density at radius 2 is 1.57 bits per heavy atom. The fourth-order valence-electron chi connectivity index (χ4n) is 1.91. The molecule has 0 fully saturated rings. The minimum absolute atomic E-state index is 0.360. The highest BCUT2D eigenvalue weighted by atomic mass is 35.5. The van der Waals surface area contributed by atoms with Gasteiger partial charge in [-0.1, -0.05) is 35.4 Å². The fraction of sp³-hybridized carbons (Fsp3) is 0.0625. The molecule has 0 aliphatic rings. The highest BCUT2D eigenvalue weighted by Gasteiger charge is 2.10. The van der Waals surface area contributed by atoms with E-state index in [1.165, 1.54) is 0 Å². The summed E-state index contributed by atoms with van der Waals surface area (Å²) in [6.07, 6.45) is 0.360. The van der Waals surface area contributed by atoms with Crippen molar-refractivity contribution in [2.24, 2.45) is 0 Å². The number of rotatable bonds is 4. The van der Waals surface area contributed by atoms with Crippen LogP contribution >= 0.6 is 35.4 Å². The molecule has 7 heteroatoms. The second-order valence-electron chi connectivity index (χ2n) is 4.74. The molecule has 0 amide bonds. The third-order valence-corrected chi connectivity index (χ3v) is 3.75. The average molecular weight is 364 g/mol. The van der Waals surface area contributed by atoms with Crippen LogP contribution in [-0.4, -0.2) is 15.2 Å². The zero-order valence-electron chi connectivity index (χ0n) is 11.8. The molecule has 1 heterocycles. The lowest BCUT2D eigenvalue weighted by molar-refractivity contribution is 0.525. The Morgan fingerprint density at radius 3 is 2.22 bits per heavy atom. The first kappa shape index (κ1) is 15.9. The van der Waals surface area contributed by atoms with E-state index in [2.05, 4.69) is 15.5 Å². The molecule has 0 saturated carbocycles. The molecule has 0 bridgehead atoms. The van der Waals surface area contributed by atoms with Crippen molar-refractivity contribution in [2.45, 2.75) is 6.42 Å². The van der Waals surface area contributed by atoms with Crippen molar-refractivity contribution in [3.63, 3.8) is 0 Å². The molecule has 116 valence electrons. The Balaban J connectivity index is 1.65. The number of halogens is 2. The number of thiocarbonyl (C=S) groups is 1. The van der Waals surface area contributed by atoms with Gasteiger partial charge in [0.2, 0.25) is 11.8 Å². The van der Waals surface area contributed by atoms with Crippen LogP contribution < -0.4 is 5.32 Å². The molecule has 23 heavy (non-hydrogen) atoms. The summed E-state index contributed by atoms with van der Waals surface area (Å²) >= 11 is 17.0. The first-order valence-corrected chi connectivity index (χ1v) is 7.90. The maximum atomic E-state index is 5.86. The normalized spacial score (nSPS) is 10.5. The summed E-state index contributed by atoms with van der Waals surface area (Å²) in [6.45, 7) is 0. The Kier molecular flexibility index (Phi) is 4.91. The summed E-state index contributed by atoms with van der Waals surface area (Å²) in [5.41, 5.74) is 1.67. The van der Waals surface area contributed by atoms with Gasteiger partial charge < -0.3 is 9.73 Å². The largest absolute Gasteiger partial charge is 0.420 e. The van der Waals surface area contributed by atoms with Gasteiger partial charge in [0, 0.05) is 21.3 Å². The lowest BCUT2D eigenvalue weighted by Gasteiger charge is -2.05. The molecule has 3 rings (SSSR count). The van der Waals surface area contributed by atoms with Crippen LogP contribution in [0.4, 0.5) is 5.69 Å². The van der Waals surface area contributed by atoms with E-state index >= 15 is 0 Å². The topological polar surface area (TPSA) is 51.0 Å². The maximum Gasteiger partial charge on any atom is 0.247 e. The van der Waals surface area contributed by atoms with Gasteiger partial charge in [-0.05, 0) is 48.5 Å². The quantitative estimate of drug-likeness (QED) is 0.659. The van der Waals surface area contributed by atoms with Crippen LogP contribution in [0.15, 0.2) is 52.9 Å². The number of anilines is 1. The van der Waals surface area contributed by atoms with E-state index in [4.69, 9.17) is 39.8 Å². The van der Waals surface area contributed by atoms with Gasteiger partial charge in [-0.25, -0.2) is 0 Å². The monoisotopic (exact) mass is 363 g/mol. The van der Waals surface area contributed by atoms with Crippen LogP contribution in [0.1, 0.15) is 5.89 Å². The summed E-state index contributed by atoms with van der Waals surface area (Å²) in [5.74, 6) is 0.882. The van der Waals surface area contributed by atoms with Crippen molar-refractivity contribution in [1.82, 2.24) is 10.2 Å². The van der Waals surface area contributed by atoms with E-state index in [0.29, 0.717) is 33.2 Å². The van der Waals surface area contributed by atoms with Crippen LogP contribution in [0, 0.1) is 0 Å². The van der Waals surface area contributed by atoms with Crippen LogP contribution in [-0.2, 0) is 6.42 Å².